The van der Waals surface area contributed by atoms with Gasteiger partial charge in [0.25, 0.3) is 0 Å². The molecule has 30 heavy (non-hydrogen) atoms. The van der Waals surface area contributed by atoms with Crippen LogP contribution in [0, 0.1) is 6.92 Å². The highest BCUT2D eigenvalue weighted by atomic mass is 31.2. The van der Waals surface area contributed by atoms with E-state index in [9.17, 15) is 0 Å². The molecule has 0 saturated carbocycles. The molecule has 2 aliphatic rings. The third kappa shape index (κ3) is 3.53. The van der Waals surface area contributed by atoms with E-state index in [2.05, 4.69) is 81.6 Å². The van der Waals surface area contributed by atoms with E-state index in [1.807, 2.05) is 0 Å². The lowest BCUT2D eigenvalue weighted by molar-refractivity contribution is 0.0579. The average Bonchev–Trinajstić information content (AvgIpc) is 3.15. The number of morpholine rings is 2. The van der Waals surface area contributed by atoms with Crippen LogP contribution in [0.25, 0.3) is 5.52 Å². The summed E-state index contributed by atoms with van der Waals surface area (Å²) in [4.78, 5) is 0. The van der Waals surface area contributed by atoms with Crippen LogP contribution in [0.5, 0.6) is 0 Å². The van der Waals surface area contributed by atoms with E-state index in [0.29, 0.717) is 0 Å². The van der Waals surface area contributed by atoms with Gasteiger partial charge in [-0.15, -0.1) is 0 Å². The maximum absolute atomic E-state index is 5.75. The Morgan fingerprint density at radius 1 is 0.800 bits per heavy atom. The van der Waals surface area contributed by atoms with Crippen LogP contribution >= 0.6 is 7.36 Å². The Morgan fingerprint density at radius 3 is 2.03 bits per heavy atom. The second kappa shape index (κ2) is 8.66. The number of benzene rings is 1. The van der Waals surface area contributed by atoms with E-state index < -0.39 is 7.36 Å². The van der Waals surface area contributed by atoms with Crippen LogP contribution in [0.1, 0.15) is 5.56 Å². The summed E-state index contributed by atoms with van der Waals surface area (Å²) in [5.74, 6) is 0. The molecule has 6 nitrogen and oxygen atoms in total. The molecular formula is C23H29N4O2P. The lowest BCUT2D eigenvalue weighted by Crippen LogP contribution is -2.46. The molecule has 4 heterocycles. The Bertz CT molecular complexity index is 1030. The van der Waals surface area contributed by atoms with Crippen LogP contribution in [0.4, 0.5) is 5.69 Å². The van der Waals surface area contributed by atoms with E-state index in [0.717, 1.165) is 58.3 Å². The van der Waals surface area contributed by atoms with E-state index in [1.165, 1.54) is 16.4 Å². The number of ether oxygens (including phenoxy) is 2. The van der Waals surface area contributed by atoms with Crippen molar-refractivity contribution in [2.75, 3.05) is 52.6 Å². The highest BCUT2D eigenvalue weighted by molar-refractivity contribution is 7.70. The highest BCUT2D eigenvalue weighted by Crippen LogP contribution is 2.59. The van der Waals surface area contributed by atoms with Crippen molar-refractivity contribution >= 4 is 23.9 Å². The van der Waals surface area contributed by atoms with Gasteiger partial charge < -0.3 is 13.9 Å². The van der Waals surface area contributed by atoms with Gasteiger partial charge in [-0.05, 0) is 36.8 Å². The number of fused-ring (bicyclic) bond motifs is 1. The molecule has 0 aliphatic carbocycles. The third-order valence-electron chi connectivity index (χ3n) is 5.91. The van der Waals surface area contributed by atoms with Crippen molar-refractivity contribution in [1.82, 2.24) is 13.7 Å². The topological polar surface area (TPSA) is 41.7 Å². The SMILES string of the molecule is Cc1cn2ccccc2c1P(=Nc1ccccc1)(N1CCOCC1)N1CCOCC1. The quantitative estimate of drug-likeness (QED) is 0.596. The molecule has 1 aromatic carbocycles. The average molecular weight is 424 g/mol. The molecule has 2 saturated heterocycles. The Hall–Kier alpha value is -1.95. The molecule has 0 radical (unpaired) electrons. The number of aromatic nitrogens is 1. The monoisotopic (exact) mass is 424 g/mol. The zero-order valence-corrected chi connectivity index (χ0v) is 18.4. The first-order valence-corrected chi connectivity index (χ1v) is 12.3. The molecule has 0 unspecified atom stereocenters. The molecule has 2 aromatic heterocycles. The fourth-order valence-electron chi connectivity index (χ4n) is 4.59. The van der Waals surface area contributed by atoms with Gasteiger partial charge in [0.2, 0.25) is 0 Å². The van der Waals surface area contributed by atoms with E-state index in [4.69, 9.17) is 14.2 Å². The Morgan fingerprint density at radius 2 is 1.40 bits per heavy atom. The van der Waals surface area contributed by atoms with Crippen molar-refractivity contribution in [2.24, 2.45) is 4.74 Å². The zero-order chi connectivity index (χ0) is 20.4. The lowest BCUT2D eigenvalue weighted by atomic mass is 10.3. The number of hydrogen-bond donors (Lipinski definition) is 0. The second-order valence-electron chi connectivity index (χ2n) is 7.79. The molecule has 3 aromatic rings. The largest absolute Gasteiger partial charge is 0.379 e. The van der Waals surface area contributed by atoms with Gasteiger partial charge in [0.05, 0.1) is 37.6 Å². The maximum Gasteiger partial charge on any atom is 0.135 e. The maximum atomic E-state index is 5.75. The van der Waals surface area contributed by atoms with Gasteiger partial charge in [0, 0.05) is 43.9 Å². The summed E-state index contributed by atoms with van der Waals surface area (Å²) < 4.78 is 24.6. The van der Waals surface area contributed by atoms with Crippen molar-refractivity contribution in [3.05, 3.63) is 66.5 Å². The van der Waals surface area contributed by atoms with Gasteiger partial charge in [-0.1, -0.05) is 24.3 Å². The Balaban J connectivity index is 1.83. The van der Waals surface area contributed by atoms with Crippen LogP contribution < -0.4 is 5.30 Å². The van der Waals surface area contributed by atoms with Crippen LogP contribution in [0.2, 0.25) is 0 Å². The molecule has 0 atom stereocenters. The first kappa shape index (κ1) is 20.0. The van der Waals surface area contributed by atoms with Gasteiger partial charge in [0.15, 0.2) is 0 Å². The van der Waals surface area contributed by atoms with E-state index >= 15 is 0 Å². The molecule has 0 N–H and O–H groups in total. The number of rotatable bonds is 4. The van der Waals surface area contributed by atoms with Crippen LogP contribution in [0.15, 0.2) is 65.7 Å². The predicted octanol–water partition coefficient (Wildman–Crippen LogP) is 3.90. The summed E-state index contributed by atoms with van der Waals surface area (Å²) in [6.45, 7) is 8.82. The highest BCUT2D eigenvalue weighted by Gasteiger charge is 2.41. The summed E-state index contributed by atoms with van der Waals surface area (Å²) in [5.41, 5.74) is 3.59. The fourth-order valence-corrected chi connectivity index (χ4v) is 8.79. The molecule has 0 spiro atoms. The van der Waals surface area contributed by atoms with Crippen LogP contribution in [-0.2, 0) is 9.47 Å². The molecule has 7 heteroatoms. The van der Waals surface area contributed by atoms with Gasteiger partial charge in [-0.2, -0.15) is 0 Å². The molecule has 2 aliphatic heterocycles. The van der Waals surface area contributed by atoms with Gasteiger partial charge >= 0.3 is 0 Å². The molecule has 0 amide bonds. The van der Waals surface area contributed by atoms with Crippen LogP contribution in [-0.4, -0.2) is 66.3 Å². The summed E-state index contributed by atoms with van der Waals surface area (Å²) in [6, 6.07) is 16.9. The first-order valence-electron chi connectivity index (χ1n) is 10.7. The van der Waals surface area contributed by atoms with Gasteiger partial charge in [0.1, 0.15) is 7.36 Å². The normalized spacial score (nSPS) is 19.2. The summed E-state index contributed by atoms with van der Waals surface area (Å²) in [5, 5.41) is 1.37. The summed E-state index contributed by atoms with van der Waals surface area (Å²) in [6.07, 6.45) is 4.39. The van der Waals surface area contributed by atoms with Crippen molar-refractivity contribution < 1.29 is 9.47 Å². The van der Waals surface area contributed by atoms with Crippen LogP contribution in [0.3, 0.4) is 0 Å². The van der Waals surface area contributed by atoms with Gasteiger partial charge in [-0.25, -0.2) is 14.1 Å². The molecule has 158 valence electrons. The Kier molecular flexibility index (Phi) is 5.77. The zero-order valence-electron chi connectivity index (χ0n) is 17.5. The van der Waals surface area contributed by atoms with Crippen molar-refractivity contribution in [3.8, 4) is 0 Å². The lowest BCUT2D eigenvalue weighted by Gasteiger charge is -2.46. The third-order valence-corrected chi connectivity index (χ3v) is 9.98. The minimum absolute atomic E-state index is 0.751. The molecule has 2 fully saturated rings. The Labute approximate surface area is 178 Å². The van der Waals surface area contributed by atoms with Crippen molar-refractivity contribution in [2.45, 2.75) is 6.92 Å². The summed E-state index contributed by atoms with van der Waals surface area (Å²) >= 11 is 0. The smallest absolute Gasteiger partial charge is 0.135 e. The predicted molar refractivity (Wildman–Crippen MR) is 122 cm³/mol. The van der Waals surface area contributed by atoms with E-state index in [-0.39, 0.29) is 0 Å². The second-order valence-corrected chi connectivity index (χ2v) is 10.7. The standard InChI is InChI=1S/C23H29N4O2P/c1-20-19-25-10-6-5-9-22(25)23(20)30(26-11-15-28-16-12-26,27-13-17-29-18-14-27)24-21-7-3-2-4-8-21/h2-10,19H,11-18H2,1H3. The first-order chi connectivity index (χ1) is 14.8. The number of hydrogen-bond acceptors (Lipinski definition) is 3. The minimum Gasteiger partial charge on any atom is -0.379 e. The number of aryl methyl sites for hydroxylation is 1. The number of pyridine rings is 1. The molecule has 5 rings (SSSR count). The molecule has 0 bridgehead atoms. The van der Waals surface area contributed by atoms with Crippen molar-refractivity contribution in [3.63, 3.8) is 0 Å². The minimum atomic E-state index is -2.25. The summed E-state index contributed by atoms with van der Waals surface area (Å²) in [7, 11) is -2.25. The number of nitrogens with zero attached hydrogens (tertiary/aromatic N) is 4. The van der Waals surface area contributed by atoms with Crippen molar-refractivity contribution in [1.29, 1.82) is 0 Å². The fraction of sp³-hybridized carbons (Fsp3) is 0.391. The molecular weight excluding hydrogens is 395 g/mol. The van der Waals surface area contributed by atoms with Gasteiger partial charge in [-0.3, -0.25) is 0 Å². The van der Waals surface area contributed by atoms with E-state index in [1.54, 1.807) is 0 Å².